The van der Waals surface area contributed by atoms with Gasteiger partial charge in [-0.1, -0.05) is 18.2 Å². The lowest BCUT2D eigenvalue weighted by Gasteiger charge is -2.34. The minimum atomic E-state index is -0.368. The molecule has 3 amide bonds. The van der Waals surface area contributed by atoms with Gasteiger partial charge in [0.25, 0.3) is 0 Å². The van der Waals surface area contributed by atoms with Crippen LogP contribution in [0, 0.1) is 5.82 Å². The molecule has 0 radical (unpaired) electrons. The Balaban J connectivity index is 1.63. The van der Waals surface area contributed by atoms with E-state index in [-0.39, 0.29) is 36.7 Å². The minimum absolute atomic E-state index is 0.0715. The number of ether oxygens (including phenoxy) is 1. The van der Waals surface area contributed by atoms with E-state index >= 15 is 0 Å². The first-order chi connectivity index (χ1) is 13.0. The van der Waals surface area contributed by atoms with E-state index in [2.05, 4.69) is 5.32 Å². The molecule has 0 bridgehead atoms. The Morgan fingerprint density at radius 1 is 1.11 bits per heavy atom. The summed E-state index contributed by atoms with van der Waals surface area (Å²) in [5.74, 6) is -0.680. The Hall–Kier alpha value is -2.64. The van der Waals surface area contributed by atoms with Gasteiger partial charge in [-0.2, -0.15) is 0 Å². The molecule has 1 aromatic carbocycles. The third kappa shape index (κ3) is 6.54. The zero-order valence-electron chi connectivity index (χ0n) is 15.6. The maximum Gasteiger partial charge on any atom is 0.409 e. The summed E-state index contributed by atoms with van der Waals surface area (Å²) in [7, 11) is 0. The SMILES string of the molecule is CCOC(=O)N1CCN(C(=O)CNC(=O)CCCc2ccccc2F)CC1. The topological polar surface area (TPSA) is 79.0 Å². The number of nitrogens with zero attached hydrogens (tertiary/aromatic N) is 2. The number of carbonyl (C=O) groups is 3. The van der Waals surface area contributed by atoms with E-state index in [1.165, 1.54) is 6.07 Å². The zero-order chi connectivity index (χ0) is 19.6. The van der Waals surface area contributed by atoms with Crippen LogP contribution < -0.4 is 5.32 Å². The number of benzene rings is 1. The van der Waals surface area contributed by atoms with Crippen molar-refractivity contribution in [2.45, 2.75) is 26.2 Å². The summed E-state index contributed by atoms with van der Waals surface area (Å²) in [6.45, 7) is 3.67. The maximum atomic E-state index is 13.5. The van der Waals surface area contributed by atoms with E-state index in [1.54, 1.807) is 34.9 Å². The molecule has 0 saturated carbocycles. The van der Waals surface area contributed by atoms with E-state index in [0.29, 0.717) is 51.2 Å². The molecule has 27 heavy (non-hydrogen) atoms. The molecule has 1 aliphatic heterocycles. The fourth-order valence-electron chi connectivity index (χ4n) is 2.87. The largest absolute Gasteiger partial charge is 0.450 e. The van der Waals surface area contributed by atoms with Crippen LogP contribution >= 0.6 is 0 Å². The lowest BCUT2D eigenvalue weighted by molar-refractivity contribution is -0.134. The number of halogens is 1. The summed E-state index contributed by atoms with van der Waals surface area (Å²) >= 11 is 0. The summed E-state index contributed by atoms with van der Waals surface area (Å²) in [4.78, 5) is 38.9. The molecule has 0 aromatic heterocycles. The molecule has 0 aliphatic carbocycles. The van der Waals surface area contributed by atoms with Gasteiger partial charge in [0.05, 0.1) is 13.2 Å². The third-order valence-corrected chi connectivity index (χ3v) is 4.40. The fourth-order valence-corrected chi connectivity index (χ4v) is 2.87. The van der Waals surface area contributed by atoms with Crippen molar-refractivity contribution in [2.24, 2.45) is 0 Å². The Morgan fingerprint density at radius 2 is 1.78 bits per heavy atom. The number of hydrogen-bond acceptors (Lipinski definition) is 4. The molecule has 1 N–H and O–H groups in total. The molecular formula is C19H26FN3O4. The average Bonchev–Trinajstić information content (AvgIpc) is 2.68. The smallest absolute Gasteiger partial charge is 0.409 e. The van der Waals surface area contributed by atoms with Crippen molar-refractivity contribution in [1.82, 2.24) is 15.1 Å². The van der Waals surface area contributed by atoms with Gasteiger partial charge in [0, 0.05) is 32.6 Å². The molecule has 2 rings (SSSR count). The molecule has 1 fully saturated rings. The van der Waals surface area contributed by atoms with Crippen LogP contribution in [0.3, 0.4) is 0 Å². The van der Waals surface area contributed by atoms with Crippen LogP contribution in [0.15, 0.2) is 24.3 Å². The van der Waals surface area contributed by atoms with Crippen molar-refractivity contribution in [3.05, 3.63) is 35.6 Å². The maximum absolute atomic E-state index is 13.5. The van der Waals surface area contributed by atoms with E-state index in [0.717, 1.165) is 0 Å². The van der Waals surface area contributed by atoms with Crippen molar-refractivity contribution < 1.29 is 23.5 Å². The first kappa shape index (κ1) is 20.7. The van der Waals surface area contributed by atoms with Crippen molar-refractivity contribution in [1.29, 1.82) is 0 Å². The first-order valence-electron chi connectivity index (χ1n) is 9.20. The summed E-state index contributed by atoms with van der Waals surface area (Å²) in [5.41, 5.74) is 0.584. The lowest BCUT2D eigenvalue weighted by Crippen LogP contribution is -2.52. The monoisotopic (exact) mass is 379 g/mol. The molecular weight excluding hydrogens is 353 g/mol. The Labute approximate surface area is 158 Å². The highest BCUT2D eigenvalue weighted by Gasteiger charge is 2.24. The van der Waals surface area contributed by atoms with Gasteiger partial charge >= 0.3 is 6.09 Å². The molecule has 1 saturated heterocycles. The number of amides is 3. The number of hydrogen-bond donors (Lipinski definition) is 1. The molecule has 1 aliphatic rings. The van der Waals surface area contributed by atoms with Crippen molar-refractivity contribution in [2.75, 3.05) is 39.3 Å². The third-order valence-electron chi connectivity index (χ3n) is 4.40. The second-order valence-corrected chi connectivity index (χ2v) is 6.29. The van der Waals surface area contributed by atoms with Crippen LogP contribution in [0.1, 0.15) is 25.3 Å². The van der Waals surface area contributed by atoms with E-state index in [4.69, 9.17) is 4.74 Å². The lowest BCUT2D eigenvalue weighted by atomic mass is 10.1. The van der Waals surface area contributed by atoms with Gasteiger partial charge in [-0.25, -0.2) is 9.18 Å². The standard InChI is InChI=1S/C19H26FN3O4/c1-2-27-19(26)23-12-10-22(11-13-23)18(25)14-21-17(24)9-5-7-15-6-3-4-8-16(15)20/h3-4,6,8H,2,5,7,9-14H2,1H3,(H,21,24). The molecule has 1 heterocycles. The molecule has 148 valence electrons. The Bertz CT molecular complexity index is 660. The molecule has 8 heteroatoms. The van der Waals surface area contributed by atoms with Gasteiger partial charge in [-0.15, -0.1) is 0 Å². The van der Waals surface area contributed by atoms with Crippen molar-refractivity contribution >= 4 is 17.9 Å². The van der Waals surface area contributed by atoms with Crippen LogP contribution in [0.5, 0.6) is 0 Å². The second kappa shape index (κ2) is 10.5. The van der Waals surface area contributed by atoms with E-state index < -0.39 is 0 Å². The summed E-state index contributed by atoms with van der Waals surface area (Å²) in [5, 5.41) is 2.61. The minimum Gasteiger partial charge on any atom is -0.450 e. The molecule has 1 aromatic rings. The Morgan fingerprint density at radius 3 is 2.44 bits per heavy atom. The quantitative estimate of drug-likeness (QED) is 0.780. The zero-order valence-corrected chi connectivity index (χ0v) is 15.6. The summed E-state index contributed by atoms with van der Waals surface area (Å²) in [6, 6.07) is 6.49. The number of aryl methyl sites for hydroxylation is 1. The van der Waals surface area contributed by atoms with Crippen LogP contribution in [0.2, 0.25) is 0 Å². The van der Waals surface area contributed by atoms with Crippen LogP contribution in [0.25, 0.3) is 0 Å². The number of nitrogens with one attached hydrogen (secondary N) is 1. The highest BCUT2D eigenvalue weighted by atomic mass is 19.1. The normalized spacial score (nSPS) is 14.0. The first-order valence-corrected chi connectivity index (χ1v) is 9.20. The van der Waals surface area contributed by atoms with Crippen LogP contribution in [0.4, 0.5) is 9.18 Å². The average molecular weight is 379 g/mol. The number of carbonyl (C=O) groups excluding carboxylic acids is 3. The van der Waals surface area contributed by atoms with Gasteiger partial charge in [0.2, 0.25) is 11.8 Å². The Kier molecular flexibility index (Phi) is 8.03. The summed E-state index contributed by atoms with van der Waals surface area (Å²) in [6.07, 6.45) is 0.856. The van der Waals surface area contributed by atoms with Crippen LogP contribution in [-0.4, -0.2) is 67.0 Å². The summed E-state index contributed by atoms with van der Waals surface area (Å²) < 4.78 is 18.4. The predicted molar refractivity (Wildman–Crippen MR) is 97.5 cm³/mol. The van der Waals surface area contributed by atoms with E-state index in [1.807, 2.05) is 0 Å². The van der Waals surface area contributed by atoms with E-state index in [9.17, 15) is 18.8 Å². The number of rotatable bonds is 7. The number of piperazine rings is 1. The van der Waals surface area contributed by atoms with Gasteiger partial charge in [-0.3, -0.25) is 9.59 Å². The highest BCUT2D eigenvalue weighted by Crippen LogP contribution is 2.10. The molecule has 0 unspecified atom stereocenters. The van der Waals surface area contributed by atoms with Gasteiger partial charge < -0.3 is 19.9 Å². The molecule has 0 atom stereocenters. The highest BCUT2D eigenvalue weighted by molar-refractivity contribution is 5.84. The molecule has 7 nitrogen and oxygen atoms in total. The fraction of sp³-hybridized carbons (Fsp3) is 0.526. The second-order valence-electron chi connectivity index (χ2n) is 6.29. The van der Waals surface area contributed by atoms with Crippen molar-refractivity contribution in [3.8, 4) is 0 Å². The van der Waals surface area contributed by atoms with Gasteiger partial charge in [-0.05, 0) is 31.4 Å². The van der Waals surface area contributed by atoms with Gasteiger partial charge in [0.1, 0.15) is 5.82 Å². The molecule has 0 spiro atoms. The predicted octanol–water partition coefficient (Wildman–Crippen LogP) is 1.57. The van der Waals surface area contributed by atoms with Crippen LogP contribution in [-0.2, 0) is 20.7 Å². The van der Waals surface area contributed by atoms with Crippen molar-refractivity contribution in [3.63, 3.8) is 0 Å². The van der Waals surface area contributed by atoms with Gasteiger partial charge in [0.15, 0.2) is 0 Å².